The molecule has 1 aromatic heterocycles. The van der Waals surface area contributed by atoms with Crippen molar-refractivity contribution in [1.82, 2.24) is 4.57 Å². The normalized spacial score (nSPS) is 11.0. The van der Waals surface area contributed by atoms with Crippen molar-refractivity contribution in [2.24, 2.45) is 0 Å². The number of aromatic nitrogens is 1. The Morgan fingerprint density at radius 1 is 0.889 bits per heavy atom. The first-order valence-electron chi connectivity index (χ1n) is 5.71. The Labute approximate surface area is 116 Å². The topological polar surface area (TPSA) is 4.93 Å². The van der Waals surface area contributed by atoms with Gasteiger partial charge in [0.1, 0.15) is 0 Å². The van der Waals surface area contributed by atoms with E-state index in [-0.39, 0.29) is 0 Å². The summed E-state index contributed by atoms with van der Waals surface area (Å²) in [6, 6.07) is 15.9. The smallest absolute Gasteiger partial charge is 0.0484 e. The lowest BCUT2D eigenvalue weighted by Gasteiger charge is -2.06. The molecule has 18 heavy (non-hydrogen) atoms. The fraction of sp³-hybridized carbons (Fsp3) is 0.0667. The molecule has 3 heteroatoms. The van der Waals surface area contributed by atoms with Gasteiger partial charge in [-0.05, 0) is 42.0 Å². The number of halogens is 2. The molecule has 0 spiro atoms. The molecule has 0 aliphatic rings. The summed E-state index contributed by atoms with van der Waals surface area (Å²) in [5.74, 6) is 0. The van der Waals surface area contributed by atoms with Crippen molar-refractivity contribution < 1.29 is 0 Å². The van der Waals surface area contributed by atoms with Crippen LogP contribution in [0.25, 0.3) is 10.9 Å². The van der Waals surface area contributed by atoms with Crippen molar-refractivity contribution in [1.29, 1.82) is 0 Å². The minimum atomic E-state index is 0.767. The molecule has 0 atom stereocenters. The van der Waals surface area contributed by atoms with Crippen LogP contribution < -0.4 is 0 Å². The molecule has 3 rings (SSSR count). The maximum Gasteiger partial charge on any atom is 0.0484 e. The van der Waals surface area contributed by atoms with Crippen molar-refractivity contribution in [3.63, 3.8) is 0 Å². The summed E-state index contributed by atoms with van der Waals surface area (Å²) < 4.78 is 2.19. The Kier molecular flexibility index (Phi) is 3.02. The van der Waals surface area contributed by atoms with E-state index in [1.54, 1.807) is 0 Å². The molecule has 0 aliphatic heterocycles. The molecule has 0 amide bonds. The van der Waals surface area contributed by atoms with Gasteiger partial charge in [-0.15, -0.1) is 0 Å². The van der Waals surface area contributed by atoms with Gasteiger partial charge in [-0.25, -0.2) is 0 Å². The lowest BCUT2D eigenvalue weighted by atomic mass is 10.2. The summed E-state index contributed by atoms with van der Waals surface area (Å²) in [6.07, 6.45) is 2.07. The van der Waals surface area contributed by atoms with Crippen molar-refractivity contribution in [3.05, 3.63) is 70.3 Å². The summed E-state index contributed by atoms with van der Waals surface area (Å²) in [6.45, 7) is 0.811. The van der Waals surface area contributed by atoms with Gasteiger partial charge < -0.3 is 4.57 Å². The maximum atomic E-state index is 6.00. The number of benzene rings is 2. The Balaban J connectivity index is 2.00. The fourth-order valence-corrected chi connectivity index (χ4v) is 2.53. The van der Waals surface area contributed by atoms with E-state index in [9.17, 15) is 0 Å². The van der Waals surface area contributed by atoms with E-state index in [0.29, 0.717) is 0 Å². The number of nitrogens with zero attached hydrogens (tertiary/aromatic N) is 1. The zero-order valence-electron chi connectivity index (χ0n) is 9.61. The van der Waals surface area contributed by atoms with Crippen molar-refractivity contribution in [3.8, 4) is 0 Å². The second-order valence-electron chi connectivity index (χ2n) is 4.28. The Bertz CT molecular complexity index is 701. The lowest BCUT2D eigenvalue weighted by Crippen LogP contribution is -1.97. The van der Waals surface area contributed by atoms with Gasteiger partial charge in [0, 0.05) is 33.7 Å². The molecule has 3 aromatic rings. The summed E-state index contributed by atoms with van der Waals surface area (Å²) in [5, 5.41) is 2.69. The van der Waals surface area contributed by atoms with Crippen molar-refractivity contribution in [2.45, 2.75) is 6.54 Å². The molecule has 0 unspecified atom stereocenters. The van der Waals surface area contributed by atoms with Gasteiger partial charge in [-0.3, -0.25) is 0 Å². The molecular formula is C15H11Cl2N. The average Bonchev–Trinajstić information content (AvgIpc) is 2.72. The van der Waals surface area contributed by atoms with Crippen LogP contribution in [0.1, 0.15) is 5.56 Å². The van der Waals surface area contributed by atoms with E-state index in [1.807, 2.05) is 36.4 Å². The zero-order valence-corrected chi connectivity index (χ0v) is 11.1. The van der Waals surface area contributed by atoms with Crippen LogP contribution in [-0.4, -0.2) is 4.57 Å². The maximum absolute atomic E-state index is 6.00. The highest BCUT2D eigenvalue weighted by molar-refractivity contribution is 6.31. The van der Waals surface area contributed by atoms with Gasteiger partial charge >= 0.3 is 0 Å². The van der Waals surface area contributed by atoms with E-state index >= 15 is 0 Å². The van der Waals surface area contributed by atoms with Crippen molar-refractivity contribution >= 4 is 34.1 Å². The molecule has 90 valence electrons. The molecule has 0 aliphatic carbocycles. The minimum absolute atomic E-state index is 0.767. The van der Waals surface area contributed by atoms with Gasteiger partial charge in [0.2, 0.25) is 0 Å². The standard InChI is InChI=1S/C15H11Cl2N/c16-13-3-1-2-11(8-13)10-18-7-6-12-9-14(17)4-5-15(12)18/h1-9H,10H2. The molecule has 0 saturated carbocycles. The van der Waals surface area contributed by atoms with Crippen LogP contribution in [0.15, 0.2) is 54.7 Å². The van der Waals surface area contributed by atoms with E-state index in [1.165, 1.54) is 11.1 Å². The third-order valence-corrected chi connectivity index (χ3v) is 3.45. The Morgan fingerprint density at radius 2 is 1.72 bits per heavy atom. The van der Waals surface area contributed by atoms with Crippen LogP contribution in [0.3, 0.4) is 0 Å². The van der Waals surface area contributed by atoms with Crippen molar-refractivity contribution in [2.75, 3.05) is 0 Å². The molecule has 0 saturated heterocycles. The Morgan fingerprint density at radius 3 is 2.56 bits per heavy atom. The van der Waals surface area contributed by atoms with Crippen LogP contribution in [0.5, 0.6) is 0 Å². The summed E-state index contributed by atoms with van der Waals surface area (Å²) in [4.78, 5) is 0. The fourth-order valence-electron chi connectivity index (χ4n) is 2.14. The van der Waals surface area contributed by atoms with Gasteiger partial charge in [0.25, 0.3) is 0 Å². The number of fused-ring (bicyclic) bond motifs is 1. The molecule has 2 aromatic carbocycles. The average molecular weight is 276 g/mol. The van der Waals surface area contributed by atoms with E-state index in [0.717, 1.165) is 22.0 Å². The highest BCUT2D eigenvalue weighted by Gasteiger charge is 2.02. The Hall–Kier alpha value is -1.44. The molecule has 0 radical (unpaired) electrons. The largest absolute Gasteiger partial charge is 0.343 e. The van der Waals surface area contributed by atoms with Crippen LogP contribution >= 0.6 is 23.2 Å². The molecule has 0 N–H and O–H groups in total. The van der Waals surface area contributed by atoms with Gasteiger partial charge in [-0.1, -0.05) is 35.3 Å². The summed E-state index contributed by atoms with van der Waals surface area (Å²) >= 11 is 12.0. The first-order chi connectivity index (χ1) is 8.72. The molecule has 0 fully saturated rings. The third-order valence-electron chi connectivity index (χ3n) is 2.97. The monoisotopic (exact) mass is 275 g/mol. The number of rotatable bonds is 2. The highest BCUT2D eigenvalue weighted by atomic mass is 35.5. The van der Waals surface area contributed by atoms with Crippen LogP contribution in [0, 0.1) is 0 Å². The van der Waals surface area contributed by atoms with E-state index < -0.39 is 0 Å². The van der Waals surface area contributed by atoms with Crippen LogP contribution in [-0.2, 0) is 6.54 Å². The minimum Gasteiger partial charge on any atom is -0.343 e. The number of hydrogen-bond donors (Lipinski definition) is 0. The summed E-state index contributed by atoms with van der Waals surface area (Å²) in [7, 11) is 0. The quantitative estimate of drug-likeness (QED) is 0.621. The molecule has 1 heterocycles. The van der Waals surface area contributed by atoms with Crippen LogP contribution in [0.2, 0.25) is 10.0 Å². The van der Waals surface area contributed by atoms with E-state index in [2.05, 4.69) is 22.9 Å². The van der Waals surface area contributed by atoms with Gasteiger partial charge in [0.15, 0.2) is 0 Å². The SMILES string of the molecule is Clc1cccc(Cn2ccc3cc(Cl)ccc32)c1. The first-order valence-corrected chi connectivity index (χ1v) is 6.47. The second kappa shape index (κ2) is 4.68. The highest BCUT2D eigenvalue weighted by Crippen LogP contribution is 2.22. The zero-order chi connectivity index (χ0) is 12.5. The molecule has 1 nitrogen and oxygen atoms in total. The molecule has 0 bridgehead atoms. The van der Waals surface area contributed by atoms with E-state index in [4.69, 9.17) is 23.2 Å². The van der Waals surface area contributed by atoms with Gasteiger partial charge in [0.05, 0.1) is 0 Å². The first kappa shape index (κ1) is 11.6. The second-order valence-corrected chi connectivity index (χ2v) is 5.15. The number of hydrogen-bond acceptors (Lipinski definition) is 0. The van der Waals surface area contributed by atoms with Gasteiger partial charge in [-0.2, -0.15) is 0 Å². The summed E-state index contributed by atoms with van der Waals surface area (Å²) in [5.41, 5.74) is 2.37. The van der Waals surface area contributed by atoms with Crippen LogP contribution in [0.4, 0.5) is 0 Å². The third kappa shape index (κ3) is 2.24. The molecular weight excluding hydrogens is 265 g/mol. The lowest BCUT2D eigenvalue weighted by molar-refractivity contribution is 0.837. The predicted molar refractivity (Wildman–Crippen MR) is 77.5 cm³/mol. The predicted octanol–water partition coefficient (Wildman–Crippen LogP) is 5.00.